The highest BCUT2D eigenvalue weighted by atomic mass is 16.3. The summed E-state index contributed by atoms with van der Waals surface area (Å²) in [5.74, 6) is -0.243. The number of Topliss-reactive ketones (excluding diaryl/α,β-unsaturated/α-hetero) is 1. The number of ketones is 1. The number of nitrogens with zero attached hydrogens (tertiary/aromatic N) is 1. The van der Waals surface area contributed by atoms with E-state index in [9.17, 15) is 14.7 Å². The first-order chi connectivity index (χ1) is 12.6. The number of likely N-dealkylation sites (tertiary alicyclic amines) is 1. The Balaban J connectivity index is 2.09. The fraction of sp³-hybridized carbons (Fsp3) is 0.636. The number of piperidine rings is 1. The van der Waals surface area contributed by atoms with Gasteiger partial charge in [-0.05, 0) is 49.1 Å². The van der Waals surface area contributed by atoms with Crippen molar-refractivity contribution in [2.24, 2.45) is 11.1 Å². The minimum absolute atomic E-state index is 0.0774. The van der Waals surface area contributed by atoms with Gasteiger partial charge in [0.15, 0.2) is 5.78 Å². The van der Waals surface area contributed by atoms with Crippen molar-refractivity contribution in [2.75, 3.05) is 6.54 Å². The normalized spacial score (nSPS) is 19.0. The topological polar surface area (TPSA) is 83.6 Å². The van der Waals surface area contributed by atoms with Crippen LogP contribution in [-0.2, 0) is 22.6 Å². The van der Waals surface area contributed by atoms with E-state index >= 15 is 0 Å². The maximum atomic E-state index is 12.9. The number of carbonyl (C=O) groups is 2. The quantitative estimate of drug-likeness (QED) is 0.802. The third kappa shape index (κ3) is 5.39. The highest BCUT2D eigenvalue weighted by Gasteiger charge is 2.38. The van der Waals surface area contributed by atoms with Crippen molar-refractivity contribution in [2.45, 2.75) is 78.5 Å². The fourth-order valence-corrected chi connectivity index (χ4v) is 3.67. The summed E-state index contributed by atoms with van der Waals surface area (Å²) in [5, 5.41) is 10.4. The molecular weight excluding hydrogens is 340 g/mol. The molecule has 0 unspecified atom stereocenters. The number of aliphatic hydroxyl groups excluding tert-OH is 1. The van der Waals surface area contributed by atoms with Crippen molar-refractivity contribution >= 4 is 11.7 Å². The van der Waals surface area contributed by atoms with Gasteiger partial charge in [0.05, 0.1) is 6.04 Å². The lowest BCUT2D eigenvalue weighted by Gasteiger charge is -2.38. The Hall–Kier alpha value is -1.72. The maximum absolute atomic E-state index is 12.9. The standard InChI is InChI=1S/C22H34N2O3/c1-15-8-9-17(14-23)16(13-15)10-11-19(25)18-7-5-6-12-24(18)21(27)20(26)22(2,3)4/h8-9,13,18,20,26H,5-7,10-12,14,23H2,1-4H3/t18-,20-/m0/s1. The molecule has 5 heteroatoms. The van der Waals surface area contributed by atoms with E-state index in [4.69, 9.17) is 5.73 Å². The van der Waals surface area contributed by atoms with Gasteiger partial charge in [-0.15, -0.1) is 0 Å². The first-order valence-corrected chi connectivity index (χ1v) is 9.95. The second-order valence-corrected chi connectivity index (χ2v) is 8.75. The molecule has 27 heavy (non-hydrogen) atoms. The predicted molar refractivity (Wildman–Crippen MR) is 107 cm³/mol. The van der Waals surface area contributed by atoms with Gasteiger partial charge in [-0.1, -0.05) is 44.5 Å². The summed E-state index contributed by atoms with van der Waals surface area (Å²) >= 11 is 0. The Morgan fingerprint density at radius 2 is 1.96 bits per heavy atom. The van der Waals surface area contributed by atoms with E-state index in [1.54, 1.807) is 4.90 Å². The van der Waals surface area contributed by atoms with E-state index in [1.165, 1.54) is 0 Å². The SMILES string of the molecule is Cc1ccc(CN)c(CCC(=O)[C@@H]2CCCCN2C(=O)[C@H](O)C(C)(C)C)c1. The van der Waals surface area contributed by atoms with E-state index in [0.717, 1.165) is 29.5 Å². The van der Waals surface area contributed by atoms with E-state index in [2.05, 4.69) is 6.07 Å². The molecule has 1 aliphatic heterocycles. The van der Waals surface area contributed by atoms with Crippen molar-refractivity contribution < 1.29 is 14.7 Å². The molecule has 0 radical (unpaired) electrons. The smallest absolute Gasteiger partial charge is 0.252 e. The number of hydrogen-bond acceptors (Lipinski definition) is 4. The number of carbonyl (C=O) groups excluding carboxylic acids is 2. The maximum Gasteiger partial charge on any atom is 0.252 e. The molecule has 0 aliphatic carbocycles. The second-order valence-electron chi connectivity index (χ2n) is 8.75. The molecule has 1 amide bonds. The number of amides is 1. The van der Waals surface area contributed by atoms with Crippen LogP contribution in [0.1, 0.15) is 63.1 Å². The second kappa shape index (κ2) is 8.98. The van der Waals surface area contributed by atoms with Gasteiger partial charge in [0.2, 0.25) is 0 Å². The van der Waals surface area contributed by atoms with Crippen LogP contribution in [0.3, 0.4) is 0 Å². The Morgan fingerprint density at radius 3 is 2.59 bits per heavy atom. The van der Waals surface area contributed by atoms with Crippen LogP contribution in [0.2, 0.25) is 0 Å². The van der Waals surface area contributed by atoms with Gasteiger partial charge in [-0.2, -0.15) is 0 Å². The van der Waals surface area contributed by atoms with Crippen LogP contribution in [-0.4, -0.2) is 40.4 Å². The van der Waals surface area contributed by atoms with E-state index in [-0.39, 0.29) is 11.7 Å². The highest BCUT2D eigenvalue weighted by Crippen LogP contribution is 2.26. The van der Waals surface area contributed by atoms with Crippen LogP contribution in [0.5, 0.6) is 0 Å². The van der Waals surface area contributed by atoms with Gasteiger partial charge in [-0.3, -0.25) is 9.59 Å². The molecule has 2 rings (SSSR count). The lowest BCUT2D eigenvalue weighted by Crippen LogP contribution is -2.54. The summed E-state index contributed by atoms with van der Waals surface area (Å²) < 4.78 is 0. The minimum atomic E-state index is -1.09. The molecule has 0 spiro atoms. The third-order valence-electron chi connectivity index (χ3n) is 5.43. The lowest BCUT2D eigenvalue weighted by molar-refractivity contribution is -0.153. The monoisotopic (exact) mass is 374 g/mol. The fourth-order valence-electron chi connectivity index (χ4n) is 3.67. The minimum Gasteiger partial charge on any atom is -0.383 e. The van der Waals surface area contributed by atoms with Crippen molar-refractivity contribution in [1.29, 1.82) is 0 Å². The van der Waals surface area contributed by atoms with E-state index in [1.807, 2.05) is 39.8 Å². The van der Waals surface area contributed by atoms with Crippen molar-refractivity contribution in [1.82, 2.24) is 4.90 Å². The zero-order valence-electron chi connectivity index (χ0n) is 17.1. The molecule has 1 aliphatic rings. The van der Waals surface area contributed by atoms with E-state index in [0.29, 0.717) is 32.4 Å². The summed E-state index contributed by atoms with van der Waals surface area (Å²) in [4.78, 5) is 27.3. The summed E-state index contributed by atoms with van der Waals surface area (Å²) in [6, 6.07) is 5.71. The van der Waals surface area contributed by atoms with Crippen LogP contribution in [0.4, 0.5) is 0 Å². The van der Waals surface area contributed by atoms with E-state index < -0.39 is 17.6 Å². The molecule has 0 saturated carbocycles. The number of rotatable bonds is 6. The van der Waals surface area contributed by atoms with Gasteiger partial charge in [0.25, 0.3) is 5.91 Å². The number of hydrogen-bond donors (Lipinski definition) is 2. The number of aliphatic hydroxyl groups is 1. The summed E-state index contributed by atoms with van der Waals surface area (Å²) in [6.07, 6.45) is 2.42. The molecule has 1 aromatic rings. The zero-order valence-corrected chi connectivity index (χ0v) is 17.1. The average molecular weight is 375 g/mol. The molecule has 1 heterocycles. The number of nitrogens with two attached hydrogens (primary N) is 1. The first-order valence-electron chi connectivity index (χ1n) is 9.95. The Morgan fingerprint density at radius 1 is 1.26 bits per heavy atom. The molecule has 1 aromatic carbocycles. The molecule has 5 nitrogen and oxygen atoms in total. The van der Waals surface area contributed by atoms with Crippen molar-refractivity contribution in [3.63, 3.8) is 0 Å². The molecular formula is C22H34N2O3. The molecule has 0 bridgehead atoms. The molecule has 0 aromatic heterocycles. The first kappa shape index (κ1) is 21.6. The van der Waals surface area contributed by atoms with Gasteiger partial charge in [-0.25, -0.2) is 0 Å². The van der Waals surface area contributed by atoms with Gasteiger partial charge < -0.3 is 15.7 Å². The summed E-state index contributed by atoms with van der Waals surface area (Å²) in [7, 11) is 0. The third-order valence-corrected chi connectivity index (χ3v) is 5.43. The Labute approximate surface area is 162 Å². The van der Waals surface area contributed by atoms with Crippen LogP contribution in [0.15, 0.2) is 18.2 Å². The van der Waals surface area contributed by atoms with Gasteiger partial charge >= 0.3 is 0 Å². The Bertz CT molecular complexity index is 679. The summed E-state index contributed by atoms with van der Waals surface area (Å²) in [6.45, 7) is 8.53. The highest BCUT2D eigenvalue weighted by molar-refractivity contribution is 5.91. The summed E-state index contributed by atoms with van der Waals surface area (Å²) in [5.41, 5.74) is 8.60. The molecule has 2 atom stereocenters. The van der Waals surface area contributed by atoms with Crippen LogP contribution in [0, 0.1) is 12.3 Å². The Kier molecular flexibility index (Phi) is 7.18. The number of benzene rings is 1. The van der Waals surface area contributed by atoms with Crippen LogP contribution < -0.4 is 5.73 Å². The largest absolute Gasteiger partial charge is 0.383 e. The molecule has 1 fully saturated rings. The zero-order chi connectivity index (χ0) is 20.2. The van der Waals surface area contributed by atoms with Gasteiger partial charge in [0, 0.05) is 19.5 Å². The average Bonchev–Trinajstić information content (AvgIpc) is 2.64. The molecule has 3 N–H and O–H groups in total. The lowest BCUT2D eigenvalue weighted by atomic mass is 9.86. The van der Waals surface area contributed by atoms with Crippen LogP contribution >= 0.6 is 0 Å². The van der Waals surface area contributed by atoms with Gasteiger partial charge in [0.1, 0.15) is 6.10 Å². The molecule has 1 saturated heterocycles. The van der Waals surface area contributed by atoms with Crippen LogP contribution in [0.25, 0.3) is 0 Å². The van der Waals surface area contributed by atoms with Crippen molar-refractivity contribution in [3.05, 3.63) is 34.9 Å². The molecule has 150 valence electrons. The van der Waals surface area contributed by atoms with Crippen molar-refractivity contribution in [3.8, 4) is 0 Å². The number of aryl methyl sites for hydroxylation is 2. The predicted octanol–water partition coefficient (Wildman–Crippen LogP) is 2.74.